The van der Waals surface area contributed by atoms with Gasteiger partial charge in [-0.2, -0.15) is 31.4 Å². The molecule has 2 atom stereocenters. The molecular weight excluding hydrogens is 478 g/mol. The Morgan fingerprint density at radius 2 is 1.79 bits per heavy atom. The number of nitrogens with zero attached hydrogens (tertiary/aromatic N) is 2. The Hall–Kier alpha value is -2.12. The second-order valence-electron chi connectivity index (χ2n) is 8.38. The molecule has 3 heterocycles. The summed E-state index contributed by atoms with van der Waals surface area (Å²) >= 11 is 0. The highest BCUT2D eigenvalue weighted by Gasteiger charge is 2.47. The molecule has 0 aliphatic carbocycles. The summed E-state index contributed by atoms with van der Waals surface area (Å²) < 4.78 is 116. The molecule has 1 aromatic carbocycles. The SMILES string of the molecule is CC1(S(=O)(=O)c2cccc(C(F)(F)F)c2)CCOC(c2cc(C(F)(F)F)nn2C2COC2)C1. The average Bonchev–Trinajstić information content (AvgIpc) is 3.11. The van der Waals surface area contributed by atoms with Gasteiger partial charge in [-0.15, -0.1) is 0 Å². The van der Waals surface area contributed by atoms with E-state index in [0.29, 0.717) is 6.07 Å². The zero-order valence-electron chi connectivity index (χ0n) is 17.3. The normalized spacial score (nSPS) is 25.1. The molecule has 0 N–H and O–H groups in total. The molecule has 4 rings (SSSR count). The van der Waals surface area contributed by atoms with Crippen LogP contribution in [0.2, 0.25) is 0 Å². The monoisotopic (exact) mass is 498 g/mol. The predicted octanol–water partition coefficient (Wildman–Crippen LogP) is 4.58. The summed E-state index contributed by atoms with van der Waals surface area (Å²) in [6.07, 6.45) is -10.8. The minimum Gasteiger partial charge on any atom is -0.377 e. The van der Waals surface area contributed by atoms with E-state index in [0.717, 1.165) is 28.9 Å². The second kappa shape index (κ2) is 7.98. The van der Waals surface area contributed by atoms with Crippen molar-refractivity contribution in [2.75, 3.05) is 19.8 Å². The fourth-order valence-corrected chi connectivity index (χ4v) is 5.80. The third-order valence-electron chi connectivity index (χ3n) is 6.04. The maximum Gasteiger partial charge on any atom is 0.435 e. The Kier molecular flexibility index (Phi) is 5.81. The first kappa shape index (κ1) is 24.0. The molecule has 2 saturated heterocycles. The highest BCUT2D eigenvalue weighted by atomic mass is 32.2. The van der Waals surface area contributed by atoms with Crippen LogP contribution in [0.15, 0.2) is 35.2 Å². The fraction of sp³-hybridized carbons (Fsp3) is 0.550. The topological polar surface area (TPSA) is 70.4 Å². The summed E-state index contributed by atoms with van der Waals surface area (Å²) in [5.74, 6) is 0. The van der Waals surface area contributed by atoms with Gasteiger partial charge in [0, 0.05) is 6.61 Å². The second-order valence-corrected chi connectivity index (χ2v) is 10.8. The lowest BCUT2D eigenvalue weighted by atomic mass is 9.94. The van der Waals surface area contributed by atoms with Gasteiger partial charge in [0.25, 0.3) is 0 Å². The number of hydrogen-bond donors (Lipinski definition) is 0. The van der Waals surface area contributed by atoms with Gasteiger partial charge in [-0.3, -0.25) is 4.68 Å². The lowest BCUT2D eigenvalue weighted by Crippen LogP contribution is -2.43. The predicted molar refractivity (Wildman–Crippen MR) is 102 cm³/mol. The summed E-state index contributed by atoms with van der Waals surface area (Å²) in [5.41, 5.74) is -2.18. The van der Waals surface area contributed by atoms with Crippen molar-refractivity contribution in [2.24, 2.45) is 0 Å². The van der Waals surface area contributed by atoms with E-state index in [2.05, 4.69) is 5.10 Å². The molecule has 0 amide bonds. The van der Waals surface area contributed by atoms with Crippen molar-refractivity contribution in [1.29, 1.82) is 0 Å². The Balaban J connectivity index is 1.69. The van der Waals surface area contributed by atoms with Crippen molar-refractivity contribution in [2.45, 2.75) is 53.9 Å². The van der Waals surface area contributed by atoms with Crippen LogP contribution in [0.1, 0.15) is 48.9 Å². The number of alkyl halides is 6. The molecule has 33 heavy (non-hydrogen) atoms. The van der Waals surface area contributed by atoms with Crippen LogP contribution in [0, 0.1) is 0 Å². The van der Waals surface area contributed by atoms with Gasteiger partial charge in [-0.25, -0.2) is 8.42 Å². The minimum absolute atomic E-state index is 0.0329. The molecule has 0 spiro atoms. The van der Waals surface area contributed by atoms with Gasteiger partial charge < -0.3 is 9.47 Å². The number of benzene rings is 1. The molecule has 1 aromatic heterocycles. The molecule has 0 bridgehead atoms. The first-order valence-corrected chi connectivity index (χ1v) is 11.5. The zero-order chi connectivity index (χ0) is 24.2. The van der Waals surface area contributed by atoms with Crippen LogP contribution in [0.4, 0.5) is 26.3 Å². The van der Waals surface area contributed by atoms with E-state index in [4.69, 9.17) is 9.47 Å². The molecule has 182 valence electrons. The van der Waals surface area contributed by atoms with Crippen molar-refractivity contribution >= 4 is 9.84 Å². The lowest BCUT2D eigenvalue weighted by molar-refractivity contribution is -0.142. The van der Waals surface area contributed by atoms with Crippen molar-refractivity contribution in [3.05, 3.63) is 47.3 Å². The molecule has 2 fully saturated rings. The Bertz CT molecular complexity index is 1140. The number of ether oxygens (including phenoxy) is 2. The van der Waals surface area contributed by atoms with Gasteiger partial charge in [0.15, 0.2) is 15.5 Å². The van der Waals surface area contributed by atoms with Gasteiger partial charge in [0.05, 0.1) is 40.2 Å². The van der Waals surface area contributed by atoms with Crippen LogP contribution in [-0.4, -0.2) is 42.8 Å². The third-order valence-corrected chi connectivity index (χ3v) is 8.58. The van der Waals surface area contributed by atoms with E-state index in [1.807, 2.05) is 0 Å². The summed E-state index contributed by atoms with van der Waals surface area (Å²) in [6, 6.07) is 3.81. The van der Waals surface area contributed by atoms with Gasteiger partial charge in [-0.05, 0) is 44.0 Å². The van der Waals surface area contributed by atoms with E-state index in [9.17, 15) is 34.8 Å². The highest BCUT2D eigenvalue weighted by molar-refractivity contribution is 7.92. The summed E-state index contributed by atoms with van der Waals surface area (Å²) in [6.45, 7) is 1.57. The van der Waals surface area contributed by atoms with Crippen LogP contribution < -0.4 is 0 Å². The van der Waals surface area contributed by atoms with Gasteiger partial charge >= 0.3 is 12.4 Å². The fourth-order valence-electron chi connectivity index (χ4n) is 3.97. The maximum absolute atomic E-state index is 13.4. The van der Waals surface area contributed by atoms with Crippen LogP contribution >= 0.6 is 0 Å². The maximum atomic E-state index is 13.4. The van der Waals surface area contributed by atoms with Gasteiger partial charge in [0.1, 0.15) is 6.10 Å². The van der Waals surface area contributed by atoms with E-state index in [-0.39, 0.29) is 38.4 Å². The molecule has 6 nitrogen and oxygen atoms in total. The molecule has 0 radical (unpaired) electrons. The summed E-state index contributed by atoms with van der Waals surface area (Å²) in [4.78, 5) is -0.502. The van der Waals surface area contributed by atoms with E-state index >= 15 is 0 Å². The van der Waals surface area contributed by atoms with Crippen LogP contribution in [0.5, 0.6) is 0 Å². The first-order valence-electron chi connectivity index (χ1n) is 10.0. The highest BCUT2D eigenvalue weighted by Crippen LogP contribution is 2.44. The van der Waals surface area contributed by atoms with E-state index in [1.54, 1.807) is 0 Å². The molecule has 2 aromatic rings. The van der Waals surface area contributed by atoms with Gasteiger partial charge in [0.2, 0.25) is 0 Å². The zero-order valence-corrected chi connectivity index (χ0v) is 18.1. The van der Waals surface area contributed by atoms with E-state index in [1.165, 1.54) is 6.92 Å². The smallest absolute Gasteiger partial charge is 0.377 e. The molecule has 2 aliphatic rings. The van der Waals surface area contributed by atoms with Crippen molar-refractivity contribution < 1.29 is 44.2 Å². The van der Waals surface area contributed by atoms with Crippen LogP contribution in [0.25, 0.3) is 0 Å². The molecular formula is C20H20F6N2O4S. The van der Waals surface area contributed by atoms with Crippen LogP contribution in [0.3, 0.4) is 0 Å². The number of halogens is 6. The molecule has 13 heteroatoms. The lowest BCUT2D eigenvalue weighted by Gasteiger charge is -2.38. The van der Waals surface area contributed by atoms with Crippen molar-refractivity contribution in [3.63, 3.8) is 0 Å². The number of hydrogen-bond acceptors (Lipinski definition) is 5. The largest absolute Gasteiger partial charge is 0.435 e. The first-order chi connectivity index (χ1) is 15.2. The quantitative estimate of drug-likeness (QED) is 0.578. The van der Waals surface area contributed by atoms with Crippen molar-refractivity contribution in [3.8, 4) is 0 Å². The standard InChI is InChI=1S/C20H20F6N2O4S/c1-18(33(29,30)14-4-2-3-12(7-14)19(21,22)23)5-6-32-16(9-18)15-8-17(20(24,25)26)27-28(15)13-10-31-11-13/h2-4,7-8,13,16H,5-6,9-11H2,1H3. The average molecular weight is 498 g/mol. The van der Waals surface area contributed by atoms with E-state index < -0.39 is 55.2 Å². The summed E-state index contributed by atoms with van der Waals surface area (Å²) in [7, 11) is -4.29. The number of sulfone groups is 1. The Labute approximate surface area is 185 Å². The van der Waals surface area contributed by atoms with Crippen molar-refractivity contribution in [1.82, 2.24) is 9.78 Å². The number of rotatable bonds is 4. The van der Waals surface area contributed by atoms with Gasteiger partial charge in [-0.1, -0.05) is 6.07 Å². The Morgan fingerprint density at radius 3 is 2.36 bits per heavy atom. The number of aromatic nitrogens is 2. The Morgan fingerprint density at radius 1 is 1.09 bits per heavy atom. The molecule has 2 aliphatic heterocycles. The summed E-state index contributed by atoms with van der Waals surface area (Å²) in [5, 5.41) is 3.64. The molecule has 0 saturated carbocycles. The minimum atomic E-state index is -4.73. The molecule has 2 unspecified atom stereocenters. The third kappa shape index (κ3) is 4.37. The van der Waals surface area contributed by atoms with Crippen LogP contribution in [-0.2, 0) is 31.7 Å².